The predicted octanol–water partition coefficient (Wildman–Crippen LogP) is -2.82. The number of aliphatic hydroxyl groups excluding tert-OH is 4. The molecule has 1 unspecified atom stereocenters. The van der Waals surface area contributed by atoms with E-state index in [4.69, 9.17) is 15.6 Å². The van der Waals surface area contributed by atoms with Gasteiger partial charge in [0.15, 0.2) is 0 Å². The molecule has 1 aliphatic heterocycles. The highest BCUT2D eigenvalue weighted by molar-refractivity contribution is 4.91. The van der Waals surface area contributed by atoms with Gasteiger partial charge in [-0.3, -0.25) is 0 Å². The Morgan fingerprint density at radius 2 is 1.57 bits per heavy atom. The number of rotatable bonds is 3. The van der Waals surface area contributed by atoms with Gasteiger partial charge in [-0.05, 0) is 13.0 Å². The number of aliphatic hydroxyl groups is 4. The van der Waals surface area contributed by atoms with Gasteiger partial charge < -0.3 is 30.9 Å². The number of hydrogen-bond donors (Lipinski definition) is 5. The van der Waals surface area contributed by atoms with Gasteiger partial charge in [-0.2, -0.15) is 0 Å². The summed E-state index contributed by atoms with van der Waals surface area (Å²) in [7, 11) is 0. The Labute approximate surface area is 81.9 Å². The van der Waals surface area contributed by atoms with Crippen LogP contribution in [0.2, 0.25) is 0 Å². The van der Waals surface area contributed by atoms with Crippen LogP contribution in [-0.2, 0) is 4.74 Å². The first kappa shape index (κ1) is 11.8. The van der Waals surface area contributed by atoms with E-state index in [0.29, 0.717) is 13.0 Å². The molecular formula is C8H17NO5. The first-order chi connectivity index (χ1) is 6.61. The molecule has 6 N–H and O–H groups in total. The zero-order chi connectivity index (χ0) is 10.7. The highest BCUT2D eigenvalue weighted by Crippen LogP contribution is 2.22. The summed E-state index contributed by atoms with van der Waals surface area (Å²) < 4.78 is 5.18. The van der Waals surface area contributed by atoms with Crippen molar-refractivity contribution in [3.63, 3.8) is 0 Å². The molecule has 84 valence electrons. The van der Waals surface area contributed by atoms with E-state index in [0.717, 1.165) is 0 Å². The molecule has 6 nitrogen and oxygen atoms in total. The Bertz CT molecular complexity index is 175. The van der Waals surface area contributed by atoms with Gasteiger partial charge in [0.2, 0.25) is 0 Å². The zero-order valence-electron chi connectivity index (χ0n) is 7.78. The van der Waals surface area contributed by atoms with E-state index in [1.54, 1.807) is 0 Å². The van der Waals surface area contributed by atoms with Crippen molar-refractivity contribution in [1.82, 2.24) is 0 Å². The molecule has 0 aromatic heterocycles. The van der Waals surface area contributed by atoms with Gasteiger partial charge in [-0.1, -0.05) is 0 Å². The number of nitrogens with two attached hydrogens (primary N) is 1. The summed E-state index contributed by atoms with van der Waals surface area (Å²) in [6.07, 6.45) is -4.82. The molecule has 0 aliphatic carbocycles. The summed E-state index contributed by atoms with van der Waals surface area (Å²) in [5, 5.41) is 37.1. The molecule has 0 saturated carbocycles. The molecule has 14 heavy (non-hydrogen) atoms. The van der Waals surface area contributed by atoms with Crippen LogP contribution in [0.25, 0.3) is 0 Å². The lowest BCUT2D eigenvalue weighted by Gasteiger charge is -2.40. The maximum Gasteiger partial charge on any atom is 0.111 e. The van der Waals surface area contributed by atoms with Crippen LogP contribution in [0.3, 0.4) is 0 Å². The topological polar surface area (TPSA) is 116 Å². The van der Waals surface area contributed by atoms with Crippen LogP contribution in [0.4, 0.5) is 0 Å². The third-order valence-electron chi connectivity index (χ3n) is 2.44. The predicted molar refractivity (Wildman–Crippen MR) is 47.4 cm³/mol. The minimum atomic E-state index is -1.29. The second-order valence-electron chi connectivity index (χ2n) is 3.44. The van der Waals surface area contributed by atoms with Crippen molar-refractivity contribution >= 4 is 0 Å². The Kier molecular flexibility index (Phi) is 4.24. The molecule has 6 heteroatoms. The van der Waals surface area contributed by atoms with Gasteiger partial charge in [0.1, 0.15) is 24.4 Å². The van der Waals surface area contributed by atoms with Gasteiger partial charge in [0.05, 0.1) is 12.7 Å². The van der Waals surface area contributed by atoms with E-state index < -0.39 is 37.1 Å². The molecular weight excluding hydrogens is 190 g/mol. The smallest absolute Gasteiger partial charge is 0.111 e. The minimum Gasteiger partial charge on any atom is -0.394 e. The molecule has 0 bridgehead atoms. The first-order valence-electron chi connectivity index (χ1n) is 4.62. The Morgan fingerprint density at radius 3 is 2.07 bits per heavy atom. The van der Waals surface area contributed by atoms with Crippen LogP contribution in [0.1, 0.15) is 6.42 Å². The molecule has 1 saturated heterocycles. The van der Waals surface area contributed by atoms with Crippen molar-refractivity contribution in [3.8, 4) is 0 Å². The van der Waals surface area contributed by atoms with Crippen LogP contribution in [0.15, 0.2) is 0 Å². The molecule has 1 fully saturated rings. The molecule has 0 aromatic carbocycles. The molecule has 1 aliphatic rings. The van der Waals surface area contributed by atoms with Gasteiger partial charge >= 0.3 is 0 Å². The van der Waals surface area contributed by atoms with Crippen LogP contribution < -0.4 is 5.73 Å². The summed E-state index contributed by atoms with van der Waals surface area (Å²) >= 11 is 0. The van der Waals surface area contributed by atoms with E-state index >= 15 is 0 Å². The molecule has 0 spiro atoms. The largest absolute Gasteiger partial charge is 0.394 e. The second kappa shape index (κ2) is 5.01. The second-order valence-corrected chi connectivity index (χ2v) is 3.44. The fourth-order valence-electron chi connectivity index (χ4n) is 1.58. The number of ether oxygens (including phenoxy) is 1. The first-order valence-corrected chi connectivity index (χ1v) is 4.62. The van der Waals surface area contributed by atoms with Gasteiger partial charge in [-0.15, -0.1) is 0 Å². The van der Waals surface area contributed by atoms with Gasteiger partial charge in [-0.25, -0.2) is 0 Å². The fourth-order valence-corrected chi connectivity index (χ4v) is 1.58. The lowest BCUT2D eigenvalue weighted by Crippen LogP contribution is -2.58. The van der Waals surface area contributed by atoms with Crippen molar-refractivity contribution in [1.29, 1.82) is 0 Å². The highest BCUT2D eigenvalue weighted by atomic mass is 16.5. The molecule has 5 atom stereocenters. The molecule has 0 amide bonds. The van der Waals surface area contributed by atoms with E-state index in [9.17, 15) is 15.3 Å². The summed E-state index contributed by atoms with van der Waals surface area (Å²) in [5.74, 6) is 0. The summed E-state index contributed by atoms with van der Waals surface area (Å²) in [4.78, 5) is 0. The highest BCUT2D eigenvalue weighted by Gasteiger charge is 2.42. The lowest BCUT2D eigenvalue weighted by atomic mass is 9.94. The summed E-state index contributed by atoms with van der Waals surface area (Å²) in [6.45, 7) is -0.0886. The third kappa shape index (κ3) is 2.22. The van der Waals surface area contributed by atoms with Gasteiger partial charge in [0.25, 0.3) is 0 Å². The Morgan fingerprint density at radius 1 is 1.00 bits per heavy atom. The Hall–Kier alpha value is -0.240. The van der Waals surface area contributed by atoms with Crippen molar-refractivity contribution in [3.05, 3.63) is 0 Å². The van der Waals surface area contributed by atoms with Crippen LogP contribution in [0.5, 0.6) is 0 Å². The lowest BCUT2D eigenvalue weighted by molar-refractivity contribution is -0.229. The maximum atomic E-state index is 9.48. The number of hydrogen-bond acceptors (Lipinski definition) is 6. The van der Waals surface area contributed by atoms with E-state index in [-0.39, 0.29) is 0 Å². The zero-order valence-corrected chi connectivity index (χ0v) is 7.78. The van der Waals surface area contributed by atoms with Crippen molar-refractivity contribution in [2.75, 3.05) is 13.2 Å². The standard InChI is InChI=1S/C8H17NO5/c9-2-1-4-6(11)8(13)7(12)5(3-10)14-4/h4-8,10-13H,1-3,9H2/t4-,5-,6+,7?,8-/m1/s1. The summed E-state index contributed by atoms with van der Waals surface area (Å²) in [5.41, 5.74) is 5.29. The fraction of sp³-hybridized carbons (Fsp3) is 1.00. The van der Waals surface area contributed by atoms with Crippen LogP contribution in [0, 0.1) is 0 Å². The summed E-state index contributed by atoms with van der Waals surface area (Å²) in [6, 6.07) is 0. The monoisotopic (exact) mass is 207 g/mol. The quantitative estimate of drug-likeness (QED) is 0.341. The van der Waals surface area contributed by atoms with E-state index in [1.807, 2.05) is 0 Å². The molecule has 0 aromatic rings. The van der Waals surface area contributed by atoms with Gasteiger partial charge in [0, 0.05) is 0 Å². The maximum absolute atomic E-state index is 9.48. The van der Waals surface area contributed by atoms with Crippen molar-refractivity contribution < 1.29 is 25.2 Å². The van der Waals surface area contributed by atoms with Crippen molar-refractivity contribution in [2.45, 2.75) is 36.9 Å². The van der Waals surface area contributed by atoms with Crippen LogP contribution in [-0.4, -0.2) is 64.1 Å². The molecule has 1 rings (SSSR count). The normalized spacial score (nSPS) is 43.9. The SMILES string of the molecule is NCC[C@H]1O[C@H](CO)C(O)[C@H](O)[C@H]1O. The van der Waals surface area contributed by atoms with Crippen molar-refractivity contribution in [2.24, 2.45) is 5.73 Å². The molecule has 1 heterocycles. The van der Waals surface area contributed by atoms with E-state index in [2.05, 4.69) is 0 Å². The Balaban J connectivity index is 2.63. The average molecular weight is 207 g/mol. The van der Waals surface area contributed by atoms with Crippen LogP contribution >= 0.6 is 0 Å². The minimum absolute atomic E-state index is 0.308. The molecule has 0 radical (unpaired) electrons. The third-order valence-corrected chi connectivity index (χ3v) is 2.44. The average Bonchev–Trinajstić information content (AvgIpc) is 2.19. The van der Waals surface area contributed by atoms with E-state index in [1.165, 1.54) is 0 Å².